The topological polar surface area (TPSA) is 9.23 Å². The van der Waals surface area contributed by atoms with E-state index in [1.165, 1.54) is 4.88 Å². The molecule has 0 saturated heterocycles. The zero-order valence-electron chi connectivity index (χ0n) is 8.77. The second-order valence-electron chi connectivity index (χ2n) is 3.78. The van der Waals surface area contributed by atoms with E-state index in [9.17, 15) is 0 Å². The largest absolute Gasteiger partial charge is 0.376 e. The van der Waals surface area contributed by atoms with E-state index in [1.807, 2.05) is 0 Å². The highest BCUT2D eigenvalue weighted by atomic mass is 32.1. The monoisotopic (exact) mass is 230 g/mol. The van der Waals surface area contributed by atoms with Gasteiger partial charge in [0.05, 0.1) is 13.2 Å². The molecule has 1 heterocycles. The molecule has 0 aliphatic heterocycles. The maximum Gasteiger partial charge on any atom is 0.0809 e. The van der Waals surface area contributed by atoms with Gasteiger partial charge in [-0.2, -0.15) is 12.6 Å². The summed E-state index contributed by atoms with van der Waals surface area (Å²) in [6.07, 6.45) is 0. The molecule has 0 saturated carbocycles. The molecule has 0 aliphatic rings. The standard InChI is InChI=1S/C11H18OS2/c1-9(2)10(8-13)6-12-7-11-4-3-5-14-11/h3-5,9-10,13H,6-8H2,1-2H3. The Morgan fingerprint density at radius 1 is 1.50 bits per heavy atom. The third-order valence-electron chi connectivity index (χ3n) is 2.33. The van der Waals surface area contributed by atoms with Gasteiger partial charge in [-0.15, -0.1) is 11.3 Å². The number of rotatable bonds is 6. The van der Waals surface area contributed by atoms with Crippen molar-refractivity contribution in [1.29, 1.82) is 0 Å². The lowest BCUT2D eigenvalue weighted by atomic mass is 9.99. The maximum atomic E-state index is 5.65. The lowest BCUT2D eigenvalue weighted by Gasteiger charge is -2.17. The molecule has 1 atom stereocenters. The summed E-state index contributed by atoms with van der Waals surface area (Å²) in [5.41, 5.74) is 0. The molecule has 0 fully saturated rings. The fraction of sp³-hybridized carbons (Fsp3) is 0.636. The Bertz CT molecular complexity index is 231. The van der Waals surface area contributed by atoms with Gasteiger partial charge in [-0.05, 0) is 29.0 Å². The van der Waals surface area contributed by atoms with Crippen molar-refractivity contribution >= 4 is 24.0 Å². The number of thiophene rings is 1. The Hall–Kier alpha value is 0.01000. The average Bonchev–Trinajstić information content (AvgIpc) is 2.64. The summed E-state index contributed by atoms with van der Waals surface area (Å²) in [7, 11) is 0. The van der Waals surface area contributed by atoms with Crippen molar-refractivity contribution in [2.24, 2.45) is 11.8 Å². The number of hydrogen-bond donors (Lipinski definition) is 1. The minimum Gasteiger partial charge on any atom is -0.376 e. The normalized spacial score (nSPS) is 13.4. The first-order valence-corrected chi connectivity index (χ1v) is 6.46. The summed E-state index contributed by atoms with van der Waals surface area (Å²) in [4.78, 5) is 1.30. The summed E-state index contributed by atoms with van der Waals surface area (Å²) >= 11 is 6.07. The van der Waals surface area contributed by atoms with Crippen LogP contribution in [0.15, 0.2) is 17.5 Å². The second-order valence-corrected chi connectivity index (χ2v) is 5.18. The van der Waals surface area contributed by atoms with Gasteiger partial charge in [0.1, 0.15) is 0 Å². The first kappa shape index (κ1) is 12.1. The van der Waals surface area contributed by atoms with Crippen LogP contribution >= 0.6 is 24.0 Å². The Kier molecular flexibility index (Phi) is 5.60. The van der Waals surface area contributed by atoms with E-state index >= 15 is 0 Å². The predicted molar refractivity (Wildman–Crippen MR) is 66.2 cm³/mol. The molecule has 0 aromatic carbocycles. The molecule has 0 aliphatic carbocycles. The van der Waals surface area contributed by atoms with E-state index in [0.29, 0.717) is 11.8 Å². The Balaban J connectivity index is 2.20. The van der Waals surface area contributed by atoms with Crippen LogP contribution in [0.2, 0.25) is 0 Å². The van der Waals surface area contributed by atoms with Gasteiger partial charge in [0.25, 0.3) is 0 Å². The van der Waals surface area contributed by atoms with E-state index in [0.717, 1.165) is 19.0 Å². The van der Waals surface area contributed by atoms with Crippen molar-refractivity contribution in [3.05, 3.63) is 22.4 Å². The fourth-order valence-corrected chi connectivity index (χ4v) is 2.33. The van der Waals surface area contributed by atoms with Crippen LogP contribution in [-0.4, -0.2) is 12.4 Å². The zero-order valence-corrected chi connectivity index (χ0v) is 10.5. The van der Waals surface area contributed by atoms with Crippen LogP contribution in [0.5, 0.6) is 0 Å². The van der Waals surface area contributed by atoms with E-state index in [4.69, 9.17) is 4.74 Å². The Morgan fingerprint density at radius 3 is 2.79 bits per heavy atom. The first-order valence-electron chi connectivity index (χ1n) is 4.95. The van der Waals surface area contributed by atoms with Crippen LogP contribution in [0.25, 0.3) is 0 Å². The minimum atomic E-state index is 0.568. The molecule has 1 unspecified atom stereocenters. The third-order valence-corrected chi connectivity index (χ3v) is 3.65. The van der Waals surface area contributed by atoms with Crippen LogP contribution in [-0.2, 0) is 11.3 Å². The van der Waals surface area contributed by atoms with Crippen molar-refractivity contribution in [1.82, 2.24) is 0 Å². The molecule has 1 aromatic rings. The van der Waals surface area contributed by atoms with Crippen molar-refractivity contribution in [3.63, 3.8) is 0 Å². The van der Waals surface area contributed by atoms with E-state index in [1.54, 1.807) is 11.3 Å². The maximum absolute atomic E-state index is 5.65. The van der Waals surface area contributed by atoms with Gasteiger partial charge >= 0.3 is 0 Å². The summed E-state index contributed by atoms with van der Waals surface area (Å²) in [5, 5.41) is 2.08. The van der Waals surface area contributed by atoms with Crippen LogP contribution in [0.1, 0.15) is 18.7 Å². The Labute approximate surface area is 95.9 Å². The van der Waals surface area contributed by atoms with Gasteiger partial charge in [0, 0.05) is 4.88 Å². The number of thiol groups is 1. The smallest absolute Gasteiger partial charge is 0.0809 e. The van der Waals surface area contributed by atoms with E-state index < -0.39 is 0 Å². The summed E-state index contributed by atoms with van der Waals surface area (Å²) in [6, 6.07) is 4.16. The first-order chi connectivity index (χ1) is 6.74. The van der Waals surface area contributed by atoms with Crippen LogP contribution in [0.3, 0.4) is 0 Å². The van der Waals surface area contributed by atoms with Crippen LogP contribution in [0, 0.1) is 11.8 Å². The van der Waals surface area contributed by atoms with Gasteiger partial charge in [-0.3, -0.25) is 0 Å². The molecule has 0 radical (unpaired) electrons. The molecule has 3 heteroatoms. The minimum absolute atomic E-state index is 0.568. The highest BCUT2D eigenvalue weighted by molar-refractivity contribution is 7.80. The van der Waals surface area contributed by atoms with Gasteiger partial charge in [0.15, 0.2) is 0 Å². The predicted octanol–water partition coefficient (Wildman–Crippen LogP) is 3.47. The lowest BCUT2D eigenvalue weighted by molar-refractivity contribution is 0.0814. The molecule has 1 rings (SSSR count). The van der Waals surface area contributed by atoms with Gasteiger partial charge in [-0.1, -0.05) is 19.9 Å². The van der Waals surface area contributed by atoms with Crippen LogP contribution < -0.4 is 0 Å². The fourth-order valence-electron chi connectivity index (χ4n) is 1.16. The molecular formula is C11H18OS2. The summed E-state index contributed by atoms with van der Waals surface area (Å²) in [5.74, 6) is 2.12. The molecule has 0 spiro atoms. The summed E-state index contributed by atoms with van der Waals surface area (Å²) in [6.45, 7) is 6.00. The second kappa shape index (κ2) is 6.49. The third kappa shape index (κ3) is 4.03. The van der Waals surface area contributed by atoms with E-state index in [2.05, 4.69) is 44.0 Å². The molecule has 80 valence electrons. The molecule has 1 nitrogen and oxygen atoms in total. The van der Waals surface area contributed by atoms with Gasteiger partial charge < -0.3 is 4.74 Å². The van der Waals surface area contributed by atoms with Crippen LogP contribution in [0.4, 0.5) is 0 Å². The molecule has 0 bridgehead atoms. The molecule has 0 amide bonds. The Morgan fingerprint density at radius 2 is 2.29 bits per heavy atom. The van der Waals surface area contributed by atoms with Gasteiger partial charge in [-0.25, -0.2) is 0 Å². The lowest BCUT2D eigenvalue weighted by Crippen LogP contribution is -2.17. The SMILES string of the molecule is CC(C)C(CS)COCc1cccs1. The average molecular weight is 230 g/mol. The van der Waals surface area contributed by atoms with Crippen molar-refractivity contribution in [3.8, 4) is 0 Å². The number of ether oxygens (including phenoxy) is 1. The molecule has 14 heavy (non-hydrogen) atoms. The molecule has 1 aromatic heterocycles. The van der Waals surface area contributed by atoms with E-state index in [-0.39, 0.29) is 0 Å². The zero-order chi connectivity index (χ0) is 10.4. The van der Waals surface area contributed by atoms with Gasteiger partial charge in [0.2, 0.25) is 0 Å². The van der Waals surface area contributed by atoms with Crippen molar-refractivity contribution < 1.29 is 4.74 Å². The molecule has 0 N–H and O–H groups in total. The highest BCUT2D eigenvalue weighted by Crippen LogP contribution is 2.15. The quantitative estimate of drug-likeness (QED) is 0.736. The van der Waals surface area contributed by atoms with Crippen molar-refractivity contribution in [2.45, 2.75) is 20.5 Å². The number of hydrogen-bond acceptors (Lipinski definition) is 3. The summed E-state index contributed by atoms with van der Waals surface area (Å²) < 4.78 is 5.65. The van der Waals surface area contributed by atoms with Crippen molar-refractivity contribution in [2.75, 3.05) is 12.4 Å². The highest BCUT2D eigenvalue weighted by Gasteiger charge is 2.11. The molecular weight excluding hydrogens is 212 g/mol.